The Morgan fingerprint density at radius 2 is 1.68 bits per heavy atom. The molecule has 0 spiro atoms. The largest absolute Gasteiger partial charge is 0.505 e. The molecular weight excluding hydrogens is 241 g/mol. The smallest absolute Gasteiger partial charge is 0.165 e. The quantitative estimate of drug-likeness (QED) is 0.904. The molecule has 0 aliphatic heterocycles. The van der Waals surface area contributed by atoms with Crippen molar-refractivity contribution in [3.05, 3.63) is 59.4 Å². The van der Waals surface area contributed by atoms with E-state index in [0.717, 1.165) is 17.7 Å². The van der Waals surface area contributed by atoms with Crippen molar-refractivity contribution in [2.45, 2.75) is 19.9 Å². The minimum Gasteiger partial charge on any atom is -0.505 e. The molecule has 2 rings (SSSR count). The second kappa shape index (κ2) is 5.74. The highest BCUT2D eigenvalue weighted by molar-refractivity contribution is 5.47. The van der Waals surface area contributed by atoms with E-state index in [-0.39, 0.29) is 5.75 Å². The fourth-order valence-electron chi connectivity index (χ4n) is 2.00. The Hall–Kier alpha value is -2.03. The number of nitrogens with zero attached hydrogens (tertiary/aromatic N) is 1. The van der Waals surface area contributed by atoms with Crippen molar-refractivity contribution >= 4 is 5.69 Å². The number of halogens is 1. The maximum absolute atomic E-state index is 13.3. The molecule has 3 heteroatoms. The molecule has 19 heavy (non-hydrogen) atoms. The summed E-state index contributed by atoms with van der Waals surface area (Å²) in [5.74, 6) is -0.883. The first kappa shape index (κ1) is 13.4. The summed E-state index contributed by atoms with van der Waals surface area (Å²) in [7, 11) is 1.96. The van der Waals surface area contributed by atoms with Crippen molar-refractivity contribution in [1.82, 2.24) is 0 Å². The van der Waals surface area contributed by atoms with Gasteiger partial charge in [0.15, 0.2) is 11.6 Å². The predicted octanol–water partition coefficient (Wildman–Crippen LogP) is 3.73. The minimum atomic E-state index is -0.577. The normalized spacial score (nSPS) is 10.5. The lowest BCUT2D eigenvalue weighted by molar-refractivity contribution is 0.432. The lowest BCUT2D eigenvalue weighted by atomic mass is 10.1. The van der Waals surface area contributed by atoms with Gasteiger partial charge in [0, 0.05) is 19.3 Å². The average Bonchev–Trinajstić information content (AvgIpc) is 2.43. The fourth-order valence-corrected chi connectivity index (χ4v) is 2.00. The molecule has 0 aromatic heterocycles. The summed E-state index contributed by atoms with van der Waals surface area (Å²) in [5.41, 5.74) is 3.22. The van der Waals surface area contributed by atoms with Crippen LogP contribution in [0.15, 0.2) is 42.5 Å². The molecule has 0 amide bonds. The van der Waals surface area contributed by atoms with E-state index >= 15 is 0 Å². The fraction of sp³-hybridized carbons (Fsp3) is 0.250. The van der Waals surface area contributed by atoms with Crippen LogP contribution in [-0.4, -0.2) is 12.2 Å². The van der Waals surface area contributed by atoms with Crippen molar-refractivity contribution in [1.29, 1.82) is 0 Å². The Labute approximate surface area is 113 Å². The van der Waals surface area contributed by atoms with Gasteiger partial charge in [-0.3, -0.25) is 0 Å². The van der Waals surface area contributed by atoms with E-state index in [4.69, 9.17) is 5.11 Å². The number of aromatic hydroxyl groups is 1. The van der Waals surface area contributed by atoms with Crippen LogP contribution in [0, 0.1) is 5.82 Å². The molecular formula is C16H18FNO. The summed E-state index contributed by atoms with van der Waals surface area (Å²) in [5, 5.41) is 9.16. The van der Waals surface area contributed by atoms with Gasteiger partial charge in [-0.15, -0.1) is 0 Å². The van der Waals surface area contributed by atoms with Gasteiger partial charge in [-0.05, 0) is 41.8 Å². The Kier molecular flexibility index (Phi) is 4.05. The number of anilines is 1. The lowest BCUT2D eigenvalue weighted by Gasteiger charge is -2.19. The Morgan fingerprint density at radius 3 is 2.26 bits per heavy atom. The van der Waals surface area contributed by atoms with E-state index in [1.54, 1.807) is 6.07 Å². The molecule has 2 aromatic rings. The molecule has 0 radical (unpaired) electrons. The predicted molar refractivity (Wildman–Crippen MR) is 76.0 cm³/mol. The van der Waals surface area contributed by atoms with Gasteiger partial charge in [0.1, 0.15) is 0 Å². The first-order chi connectivity index (χ1) is 9.10. The van der Waals surface area contributed by atoms with Crippen LogP contribution in [0.1, 0.15) is 18.1 Å². The van der Waals surface area contributed by atoms with Crippen molar-refractivity contribution in [3.8, 4) is 5.75 Å². The molecule has 0 heterocycles. The van der Waals surface area contributed by atoms with Gasteiger partial charge in [-0.2, -0.15) is 0 Å². The Balaban J connectivity index is 2.10. The molecule has 0 aliphatic carbocycles. The average molecular weight is 259 g/mol. The van der Waals surface area contributed by atoms with E-state index < -0.39 is 5.82 Å². The molecule has 0 atom stereocenters. The van der Waals surface area contributed by atoms with Crippen LogP contribution in [-0.2, 0) is 13.0 Å². The lowest BCUT2D eigenvalue weighted by Crippen LogP contribution is -2.16. The summed E-state index contributed by atoms with van der Waals surface area (Å²) >= 11 is 0. The SMILES string of the molecule is CCc1ccc(N(C)Cc2ccc(O)c(F)c2)cc1. The number of rotatable bonds is 4. The number of hydrogen-bond donors (Lipinski definition) is 1. The molecule has 0 saturated heterocycles. The molecule has 1 N–H and O–H groups in total. The van der Waals surface area contributed by atoms with Gasteiger partial charge >= 0.3 is 0 Å². The summed E-state index contributed by atoms with van der Waals surface area (Å²) < 4.78 is 13.3. The van der Waals surface area contributed by atoms with Crippen LogP contribution in [0.25, 0.3) is 0 Å². The first-order valence-electron chi connectivity index (χ1n) is 6.37. The molecule has 2 aromatic carbocycles. The number of phenols is 1. The van der Waals surface area contributed by atoms with Crippen LogP contribution in [0.3, 0.4) is 0 Å². The summed E-state index contributed by atoms with van der Waals surface area (Å²) in [6, 6.07) is 12.8. The number of benzene rings is 2. The zero-order chi connectivity index (χ0) is 13.8. The molecule has 0 aliphatic rings. The number of hydrogen-bond acceptors (Lipinski definition) is 2. The second-order valence-corrected chi connectivity index (χ2v) is 4.66. The van der Waals surface area contributed by atoms with Gasteiger partial charge in [0.05, 0.1) is 0 Å². The van der Waals surface area contributed by atoms with Gasteiger partial charge in [-0.25, -0.2) is 4.39 Å². The van der Waals surface area contributed by atoms with E-state index in [0.29, 0.717) is 6.54 Å². The first-order valence-corrected chi connectivity index (χ1v) is 6.37. The Bertz CT molecular complexity index is 551. The van der Waals surface area contributed by atoms with Crippen LogP contribution in [0.5, 0.6) is 5.75 Å². The zero-order valence-corrected chi connectivity index (χ0v) is 11.2. The number of phenolic OH excluding ortho intramolecular Hbond substituents is 1. The van der Waals surface area contributed by atoms with E-state index in [1.165, 1.54) is 17.7 Å². The molecule has 0 fully saturated rings. The third kappa shape index (κ3) is 3.25. The highest BCUT2D eigenvalue weighted by atomic mass is 19.1. The van der Waals surface area contributed by atoms with Crippen LogP contribution < -0.4 is 4.90 Å². The van der Waals surface area contributed by atoms with Crippen molar-refractivity contribution in [2.24, 2.45) is 0 Å². The second-order valence-electron chi connectivity index (χ2n) is 4.66. The highest BCUT2D eigenvalue weighted by Gasteiger charge is 2.05. The standard InChI is InChI=1S/C16H18FNO/c1-3-12-4-7-14(8-5-12)18(2)11-13-6-9-16(19)15(17)10-13/h4-10,19H,3,11H2,1-2H3. The third-order valence-corrected chi connectivity index (χ3v) is 3.22. The Morgan fingerprint density at radius 1 is 1.05 bits per heavy atom. The number of aryl methyl sites for hydroxylation is 1. The van der Waals surface area contributed by atoms with Gasteiger partial charge in [0.2, 0.25) is 0 Å². The van der Waals surface area contributed by atoms with Crippen LogP contribution in [0.2, 0.25) is 0 Å². The summed E-state index contributed by atoms with van der Waals surface area (Å²) in [4.78, 5) is 2.05. The summed E-state index contributed by atoms with van der Waals surface area (Å²) in [6.45, 7) is 2.72. The third-order valence-electron chi connectivity index (χ3n) is 3.22. The van der Waals surface area contributed by atoms with E-state index in [2.05, 4.69) is 31.2 Å². The molecule has 2 nitrogen and oxygen atoms in total. The molecule has 0 unspecified atom stereocenters. The van der Waals surface area contributed by atoms with E-state index in [1.807, 2.05) is 11.9 Å². The highest BCUT2D eigenvalue weighted by Crippen LogP contribution is 2.20. The minimum absolute atomic E-state index is 0.307. The monoisotopic (exact) mass is 259 g/mol. The molecule has 100 valence electrons. The molecule has 0 bridgehead atoms. The van der Waals surface area contributed by atoms with Gasteiger partial charge in [-0.1, -0.05) is 25.1 Å². The van der Waals surface area contributed by atoms with Crippen molar-refractivity contribution in [3.63, 3.8) is 0 Å². The van der Waals surface area contributed by atoms with Crippen molar-refractivity contribution in [2.75, 3.05) is 11.9 Å². The van der Waals surface area contributed by atoms with Crippen molar-refractivity contribution < 1.29 is 9.50 Å². The molecule has 0 saturated carbocycles. The van der Waals surface area contributed by atoms with Crippen LogP contribution >= 0.6 is 0 Å². The van der Waals surface area contributed by atoms with Crippen LogP contribution in [0.4, 0.5) is 10.1 Å². The van der Waals surface area contributed by atoms with Gasteiger partial charge in [0.25, 0.3) is 0 Å². The van der Waals surface area contributed by atoms with Gasteiger partial charge < -0.3 is 10.0 Å². The topological polar surface area (TPSA) is 23.5 Å². The summed E-state index contributed by atoms with van der Waals surface area (Å²) in [6.07, 6.45) is 1.02. The van der Waals surface area contributed by atoms with E-state index in [9.17, 15) is 4.39 Å². The zero-order valence-electron chi connectivity index (χ0n) is 11.2. The maximum Gasteiger partial charge on any atom is 0.165 e. The maximum atomic E-state index is 13.3.